The molecule has 6 nitrogen and oxygen atoms in total. The molecule has 28 heavy (non-hydrogen) atoms. The third-order valence-corrected chi connectivity index (χ3v) is 9.95. The summed E-state index contributed by atoms with van der Waals surface area (Å²) in [5.74, 6) is 0.0399. The predicted molar refractivity (Wildman–Crippen MR) is 100 cm³/mol. The molecule has 6 heteroatoms. The first-order chi connectivity index (χ1) is 13.0. The van der Waals surface area contributed by atoms with Gasteiger partial charge >= 0.3 is 5.97 Å². The molecule has 5 fully saturated rings. The van der Waals surface area contributed by atoms with E-state index < -0.39 is 11.5 Å². The number of hydrogen-bond acceptors (Lipinski definition) is 6. The van der Waals surface area contributed by atoms with Crippen LogP contribution in [0.3, 0.4) is 0 Å². The zero-order valence-electron chi connectivity index (χ0n) is 17.4. The van der Waals surface area contributed by atoms with Gasteiger partial charge in [-0.25, -0.2) is 0 Å². The second-order valence-electron chi connectivity index (χ2n) is 11.2. The first kappa shape index (κ1) is 19.3. The van der Waals surface area contributed by atoms with Crippen LogP contribution in [0.4, 0.5) is 0 Å². The van der Waals surface area contributed by atoms with Gasteiger partial charge in [-0.3, -0.25) is 4.79 Å². The lowest BCUT2D eigenvalue weighted by atomic mass is 9.39. The van der Waals surface area contributed by atoms with Gasteiger partial charge in [-0.05, 0) is 54.8 Å². The molecule has 5 aliphatic rings. The van der Waals surface area contributed by atoms with Crippen molar-refractivity contribution in [2.45, 2.75) is 90.3 Å². The number of aliphatic hydroxyl groups excluding tert-OH is 3. The van der Waals surface area contributed by atoms with Crippen LogP contribution in [0.5, 0.6) is 0 Å². The molecule has 1 aliphatic heterocycles. The minimum absolute atomic E-state index is 0.0566. The quantitative estimate of drug-likeness (QED) is 0.486. The summed E-state index contributed by atoms with van der Waals surface area (Å²) in [5, 5.41) is 32.1. The molecular weight excluding hydrogens is 360 g/mol. The van der Waals surface area contributed by atoms with E-state index in [4.69, 9.17) is 9.47 Å². The third kappa shape index (κ3) is 2.01. The number of carbonyl (C=O) groups excluding carboxylic acids is 1. The largest absolute Gasteiger partial charge is 0.462 e. The number of rotatable bonds is 2. The summed E-state index contributed by atoms with van der Waals surface area (Å²) in [6.45, 7) is 7.93. The summed E-state index contributed by atoms with van der Waals surface area (Å²) < 4.78 is 12.1. The van der Waals surface area contributed by atoms with E-state index in [1.54, 1.807) is 0 Å². The van der Waals surface area contributed by atoms with Crippen molar-refractivity contribution < 1.29 is 29.6 Å². The highest BCUT2D eigenvalue weighted by atomic mass is 16.6. The first-order valence-corrected chi connectivity index (χ1v) is 10.8. The van der Waals surface area contributed by atoms with Gasteiger partial charge in [0.25, 0.3) is 0 Å². The van der Waals surface area contributed by atoms with Gasteiger partial charge in [0.1, 0.15) is 6.10 Å². The highest BCUT2D eigenvalue weighted by Crippen LogP contribution is 2.78. The van der Waals surface area contributed by atoms with Gasteiger partial charge in [0.05, 0.1) is 31.0 Å². The van der Waals surface area contributed by atoms with Crippen LogP contribution in [0.15, 0.2) is 0 Å². The Balaban J connectivity index is 1.65. The smallest absolute Gasteiger partial charge is 0.302 e. The van der Waals surface area contributed by atoms with E-state index in [9.17, 15) is 20.1 Å². The van der Waals surface area contributed by atoms with Crippen molar-refractivity contribution in [1.29, 1.82) is 0 Å². The maximum atomic E-state index is 12.0. The standard InChI is InChI=1S/C22H34O6/c1-11(24)27-16-8-12-19(2,3)14(25)5-6-20(12,4)13-7-15(26)21(10-23)9-22(13,16)18-17(21)28-18/h12-18,23,25-26H,5-10H2,1-4H3/t12-,13+,14-,15-,16+,17+,18-,20-,21+,22+/m1/s1. The van der Waals surface area contributed by atoms with Crippen LogP contribution in [-0.2, 0) is 14.3 Å². The highest BCUT2D eigenvalue weighted by molar-refractivity contribution is 5.66. The first-order valence-electron chi connectivity index (χ1n) is 10.8. The molecule has 4 aliphatic carbocycles. The number of hydrogen-bond donors (Lipinski definition) is 3. The van der Waals surface area contributed by atoms with Crippen molar-refractivity contribution in [1.82, 2.24) is 0 Å². The molecule has 3 N–H and O–H groups in total. The fourth-order valence-electron chi connectivity index (χ4n) is 8.55. The van der Waals surface area contributed by atoms with Crippen LogP contribution in [0, 0.1) is 33.5 Å². The van der Waals surface area contributed by atoms with E-state index in [1.807, 2.05) is 0 Å². The average molecular weight is 395 g/mol. The Morgan fingerprint density at radius 3 is 2.46 bits per heavy atom. The molecule has 4 saturated carbocycles. The number of carbonyl (C=O) groups is 1. The van der Waals surface area contributed by atoms with Crippen molar-refractivity contribution in [3.8, 4) is 0 Å². The van der Waals surface area contributed by atoms with Crippen LogP contribution < -0.4 is 0 Å². The van der Waals surface area contributed by atoms with Crippen molar-refractivity contribution in [2.24, 2.45) is 33.5 Å². The maximum Gasteiger partial charge on any atom is 0.302 e. The molecule has 2 bridgehead atoms. The Hall–Kier alpha value is -0.690. The molecule has 0 aromatic carbocycles. The van der Waals surface area contributed by atoms with Crippen molar-refractivity contribution in [2.75, 3.05) is 6.61 Å². The molecule has 158 valence electrons. The number of aliphatic hydroxyl groups is 3. The Morgan fingerprint density at radius 1 is 1.11 bits per heavy atom. The van der Waals surface area contributed by atoms with Gasteiger partial charge in [0.2, 0.25) is 0 Å². The molecule has 1 saturated heterocycles. The summed E-state index contributed by atoms with van der Waals surface area (Å²) in [4.78, 5) is 12.0. The monoisotopic (exact) mass is 394 g/mol. The van der Waals surface area contributed by atoms with E-state index in [0.29, 0.717) is 19.3 Å². The van der Waals surface area contributed by atoms with Crippen LogP contribution in [-0.4, -0.2) is 58.4 Å². The molecule has 0 amide bonds. The van der Waals surface area contributed by atoms with Crippen LogP contribution >= 0.6 is 0 Å². The van der Waals surface area contributed by atoms with Crippen LogP contribution in [0.2, 0.25) is 0 Å². The van der Waals surface area contributed by atoms with Crippen molar-refractivity contribution >= 4 is 5.97 Å². The normalized spacial score (nSPS) is 58.3. The molecule has 1 heterocycles. The predicted octanol–water partition coefficient (Wildman–Crippen LogP) is 1.64. The SMILES string of the molecule is CC(=O)O[C@H]1C[C@@H]2C(C)(C)[C@H](O)CC[C@@]2(C)[C@@H]2C[C@@H](O)[C@@]3(CO)C[C@@]12[C@@H]1O[C@@H]13. The second kappa shape index (κ2) is 5.51. The minimum Gasteiger partial charge on any atom is -0.462 e. The van der Waals surface area contributed by atoms with Crippen molar-refractivity contribution in [3.05, 3.63) is 0 Å². The molecular formula is C22H34O6. The lowest BCUT2D eigenvalue weighted by molar-refractivity contribution is -0.260. The van der Waals surface area contributed by atoms with E-state index in [-0.39, 0.29) is 65.1 Å². The van der Waals surface area contributed by atoms with E-state index in [1.165, 1.54) is 6.92 Å². The fraction of sp³-hybridized carbons (Fsp3) is 0.955. The molecule has 0 radical (unpaired) electrons. The summed E-state index contributed by atoms with van der Waals surface area (Å²) in [6, 6.07) is 0. The van der Waals surface area contributed by atoms with E-state index in [2.05, 4.69) is 20.8 Å². The van der Waals surface area contributed by atoms with E-state index in [0.717, 1.165) is 12.8 Å². The number of esters is 1. The lowest BCUT2D eigenvalue weighted by Crippen LogP contribution is -2.67. The summed E-state index contributed by atoms with van der Waals surface area (Å²) in [7, 11) is 0. The number of epoxide rings is 1. The van der Waals surface area contributed by atoms with E-state index >= 15 is 0 Å². The van der Waals surface area contributed by atoms with Gasteiger partial charge in [0, 0.05) is 17.8 Å². The Bertz CT molecular complexity index is 707. The van der Waals surface area contributed by atoms with Crippen LogP contribution in [0.25, 0.3) is 0 Å². The lowest BCUT2D eigenvalue weighted by Gasteiger charge is -2.67. The zero-order valence-corrected chi connectivity index (χ0v) is 17.4. The van der Waals surface area contributed by atoms with Gasteiger partial charge < -0.3 is 24.8 Å². The Morgan fingerprint density at radius 2 is 1.82 bits per heavy atom. The maximum absolute atomic E-state index is 12.0. The van der Waals surface area contributed by atoms with Gasteiger partial charge in [-0.2, -0.15) is 0 Å². The second-order valence-corrected chi connectivity index (χ2v) is 11.2. The molecule has 0 aromatic rings. The molecule has 0 aromatic heterocycles. The number of fused-ring (bicyclic) bond motifs is 5. The highest BCUT2D eigenvalue weighted by Gasteiger charge is 2.83. The molecule has 5 rings (SSSR count). The van der Waals surface area contributed by atoms with Crippen LogP contribution in [0.1, 0.15) is 59.8 Å². The topological polar surface area (TPSA) is 99.5 Å². The zero-order chi connectivity index (χ0) is 20.3. The summed E-state index contributed by atoms with van der Waals surface area (Å²) >= 11 is 0. The average Bonchev–Trinajstić information content (AvgIpc) is 3.38. The van der Waals surface area contributed by atoms with Gasteiger partial charge in [-0.1, -0.05) is 20.8 Å². The Labute approximate surface area is 166 Å². The fourth-order valence-corrected chi connectivity index (χ4v) is 8.55. The number of ether oxygens (including phenoxy) is 2. The van der Waals surface area contributed by atoms with Gasteiger partial charge in [-0.15, -0.1) is 0 Å². The van der Waals surface area contributed by atoms with Gasteiger partial charge in [0.15, 0.2) is 0 Å². The molecule has 1 spiro atoms. The summed E-state index contributed by atoms with van der Waals surface area (Å²) in [5.41, 5.74) is -1.33. The summed E-state index contributed by atoms with van der Waals surface area (Å²) in [6.07, 6.45) is 2.13. The van der Waals surface area contributed by atoms with Crippen molar-refractivity contribution in [3.63, 3.8) is 0 Å². The molecule has 10 atom stereocenters. The third-order valence-electron chi connectivity index (χ3n) is 9.95. The molecule has 0 unspecified atom stereocenters. The Kier molecular flexibility index (Phi) is 3.79. The minimum atomic E-state index is -0.632.